The summed E-state index contributed by atoms with van der Waals surface area (Å²) in [4.78, 5) is 46.7. The van der Waals surface area contributed by atoms with E-state index in [0.29, 0.717) is 62.9 Å². The van der Waals surface area contributed by atoms with Crippen molar-refractivity contribution in [3.05, 3.63) is 29.0 Å². The van der Waals surface area contributed by atoms with E-state index in [1.54, 1.807) is 21.9 Å². The molecule has 29 heavy (non-hydrogen) atoms. The standard InChI is InChI=1S/C20H25ClN4O4/c21-17-2-1-15(13-22-17)19(27)23-7-3-14(4-8-23)18(26)24-9-5-16(6-10-24)25-11-12-29-20(25)28/h1-2,13-14,16H,3-12H2. The number of hydrogen-bond acceptors (Lipinski definition) is 5. The lowest BCUT2D eigenvalue weighted by Gasteiger charge is -2.39. The van der Waals surface area contributed by atoms with E-state index in [1.807, 2.05) is 4.90 Å². The fraction of sp³-hybridized carbons (Fsp3) is 0.600. The minimum atomic E-state index is -0.234. The highest BCUT2D eigenvalue weighted by molar-refractivity contribution is 6.29. The molecule has 156 valence electrons. The smallest absolute Gasteiger partial charge is 0.410 e. The van der Waals surface area contributed by atoms with Crippen molar-refractivity contribution in [2.45, 2.75) is 31.7 Å². The van der Waals surface area contributed by atoms with Crippen molar-refractivity contribution in [3.63, 3.8) is 0 Å². The second kappa shape index (κ2) is 8.57. The molecule has 4 heterocycles. The minimum absolute atomic E-state index is 0.0457. The summed E-state index contributed by atoms with van der Waals surface area (Å²) in [6.45, 7) is 3.57. The molecule has 0 spiro atoms. The molecule has 1 aromatic rings. The molecule has 0 bridgehead atoms. The van der Waals surface area contributed by atoms with E-state index in [-0.39, 0.29) is 29.9 Å². The fourth-order valence-electron chi connectivity index (χ4n) is 4.41. The van der Waals surface area contributed by atoms with Crippen molar-refractivity contribution in [2.75, 3.05) is 39.3 Å². The van der Waals surface area contributed by atoms with Crippen LogP contribution in [0.1, 0.15) is 36.0 Å². The van der Waals surface area contributed by atoms with Gasteiger partial charge in [0, 0.05) is 44.3 Å². The molecular formula is C20H25ClN4O4. The second-order valence-electron chi connectivity index (χ2n) is 7.80. The van der Waals surface area contributed by atoms with Gasteiger partial charge in [0.2, 0.25) is 5.91 Å². The van der Waals surface area contributed by atoms with Gasteiger partial charge in [-0.3, -0.25) is 9.59 Å². The number of hydrogen-bond donors (Lipinski definition) is 0. The van der Waals surface area contributed by atoms with E-state index >= 15 is 0 Å². The number of aromatic nitrogens is 1. The van der Waals surface area contributed by atoms with Gasteiger partial charge in [-0.2, -0.15) is 0 Å². The van der Waals surface area contributed by atoms with Crippen molar-refractivity contribution in [1.29, 1.82) is 0 Å². The fourth-order valence-corrected chi connectivity index (χ4v) is 4.52. The van der Waals surface area contributed by atoms with Crippen LogP contribution < -0.4 is 0 Å². The van der Waals surface area contributed by atoms with Crippen LogP contribution in [0.4, 0.5) is 4.79 Å². The maximum absolute atomic E-state index is 12.9. The molecule has 3 aliphatic rings. The largest absolute Gasteiger partial charge is 0.448 e. The van der Waals surface area contributed by atoms with Crippen LogP contribution in [0.25, 0.3) is 0 Å². The van der Waals surface area contributed by atoms with Crippen molar-refractivity contribution in [3.8, 4) is 0 Å². The molecule has 0 aliphatic carbocycles. The zero-order chi connectivity index (χ0) is 20.4. The summed E-state index contributed by atoms with van der Waals surface area (Å²) in [6, 6.07) is 3.45. The average molecular weight is 421 g/mol. The highest BCUT2D eigenvalue weighted by atomic mass is 35.5. The second-order valence-corrected chi connectivity index (χ2v) is 8.19. The van der Waals surface area contributed by atoms with Crippen LogP contribution in [0.5, 0.6) is 0 Å². The summed E-state index contributed by atoms with van der Waals surface area (Å²) in [5.74, 6) is 0.0572. The lowest BCUT2D eigenvalue weighted by molar-refractivity contribution is -0.138. The molecule has 0 saturated carbocycles. The van der Waals surface area contributed by atoms with Gasteiger partial charge in [-0.25, -0.2) is 9.78 Å². The maximum Gasteiger partial charge on any atom is 0.410 e. The van der Waals surface area contributed by atoms with E-state index < -0.39 is 0 Å². The molecule has 4 rings (SSSR count). The van der Waals surface area contributed by atoms with Crippen molar-refractivity contribution in [2.24, 2.45) is 5.92 Å². The van der Waals surface area contributed by atoms with Gasteiger partial charge in [-0.1, -0.05) is 11.6 Å². The Morgan fingerprint density at radius 2 is 1.69 bits per heavy atom. The maximum atomic E-state index is 12.9. The molecule has 0 radical (unpaired) electrons. The van der Waals surface area contributed by atoms with Crippen LogP contribution in [-0.4, -0.2) is 83.0 Å². The quantitative estimate of drug-likeness (QED) is 0.699. The first-order chi connectivity index (χ1) is 14.0. The number of carbonyl (C=O) groups is 3. The van der Waals surface area contributed by atoms with Crippen LogP contribution in [-0.2, 0) is 9.53 Å². The summed E-state index contributed by atoms with van der Waals surface area (Å²) >= 11 is 5.78. The molecule has 0 unspecified atom stereocenters. The Labute approximate surface area is 174 Å². The summed E-state index contributed by atoms with van der Waals surface area (Å²) in [5.41, 5.74) is 0.515. The number of carbonyl (C=O) groups excluding carboxylic acids is 3. The van der Waals surface area contributed by atoms with E-state index in [4.69, 9.17) is 16.3 Å². The number of likely N-dealkylation sites (tertiary alicyclic amines) is 2. The number of pyridine rings is 1. The number of amides is 3. The number of cyclic esters (lactones) is 1. The van der Waals surface area contributed by atoms with E-state index in [9.17, 15) is 14.4 Å². The zero-order valence-electron chi connectivity index (χ0n) is 16.3. The molecule has 3 saturated heterocycles. The normalized spacial score (nSPS) is 21.4. The Bertz CT molecular complexity index is 771. The summed E-state index contributed by atoms with van der Waals surface area (Å²) < 4.78 is 5.02. The predicted octanol–water partition coefficient (Wildman–Crippen LogP) is 2.03. The Kier molecular flexibility index (Phi) is 5.89. The van der Waals surface area contributed by atoms with Gasteiger partial charge < -0.3 is 19.4 Å². The Hall–Kier alpha value is -2.35. The lowest BCUT2D eigenvalue weighted by atomic mass is 9.93. The molecule has 9 heteroatoms. The first kappa shape index (κ1) is 19.9. The van der Waals surface area contributed by atoms with Gasteiger partial charge in [-0.15, -0.1) is 0 Å². The number of halogens is 1. The first-order valence-electron chi connectivity index (χ1n) is 10.2. The Morgan fingerprint density at radius 3 is 2.28 bits per heavy atom. The van der Waals surface area contributed by atoms with Gasteiger partial charge >= 0.3 is 6.09 Å². The van der Waals surface area contributed by atoms with Crippen LogP contribution >= 0.6 is 11.6 Å². The number of nitrogens with zero attached hydrogens (tertiary/aromatic N) is 4. The number of piperidine rings is 2. The van der Waals surface area contributed by atoms with Gasteiger partial charge in [0.05, 0.1) is 12.1 Å². The third-order valence-electron chi connectivity index (χ3n) is 6.11. The van der Waals surface area contributed by atoms with Crippen molar-refractivity contribution in [1.82, 2.24) is 19.7 Å². The molecule has 3 aliphatic heterocycles. The molecule has 1 aromatic heterocycles. The van der Waals surface area contributed by atoms with Gasteiger partial charge in [-0.05, 0) is 37.8 Å². The molecule has 3 fully saturated rings. The van der Waals surface area contributed by atoms with Crippen molar-refractivity contribution < 1.29 is 19.1 Å². The Morgan fingerprint density at radius 1 is 1.00 bits per heavy atom. The van der Waals surface area contributed by atoms with Crippen LogP contribution in [0.2, 0.25) is 5.15 Å². The van der Waals surface area contributed by atoms with Crippen LogP contribution in [0, 0.1) is 5.92 Å². The Balaban J connectivity index is 1.25. The summed E-state index contributed by atoms with van der Waals surface area (Å²) in [6.07, 6.45) is 4.18. The lowest BCUT2D eigenvalue weighted by Crippen LogP contribution is -2.50. The summed E-state index contributed by atoms with van der Waals surface area (Å²) in [7, 11) is 0. The highest BCUT2D eigenvalue weighted by Crippen LogP contribution is 2.25. The highest BCUT2D eigenvalue weighted by Gasteiger charge is 2.36. The van der Waals surface area contributed by atoms with Gasteiger partial charge in [0.1, 0.15) is 11.8 Å². The zero-order valence-corrected chi connectivity index (χ0v) is 17.0. The van der Waals surface area contributed by atoms with Gasteiger partial charge in [0.25, 0.3) is 5.91 Å². The van der Waals surface area contributed by atoms with E-state index in [2.05, 4.69) is 4.98 Å². The average Bonchev–Trinajstić information content (AvgIpc) is 3.19. The first-order valence-corrected chi connectivity index (χ1v) is 10.5. The SMILES string of the molecule is O=C(c1ccc(Cl)nc1)N1CCC(C(=O)N2CCC(N3CCOC3=O)CC2)CC1. The molecular weight excluding hydrogens is 396 g/mol. The molecule has 0 aromatic carbocycles. The minimum Gasteiger partial charge on any atom is -0.448 e. The molecule has 0 atom stereocenters. The molecule has 0 N–H and O–H groups in total. The monoisotopic (exact) mass is 420 g/mol. The molecule has 8 nitrogen and oxygen atoms in total. The van der Waals surface area contributed by atoms with Crippen LogP contribution in [0.3, 0.4) is 0 Å². The van der Waals surface area contributed by atoms with Crippen LogP contribution in [0.15, 0.2) is 18.3 Å². The van der Waals surface area contributed by atoms with E-state index in [1.165, 1.54) is 6.20 Å². The third kappa shape index (κ3) is 4.32. The van der Waals surface area contributed by atoms with Crippen molar-refractivity contribution >= 4 is 29.5 Å². The molecule has 3 amide bonds. The number of ether oxygens (including phenoxy) is 1. The van der Waals surface area contributed by atoms with E-state index in [0.717, 1.165) is 12.8 Å². The topological polar surface area (TPSA) is 83.1 Å². The number of rotatable bonds is 3. The summed E-state index contributed by atoms with van der Waals surface area (Å²) in [5, 5.41) is 0.358. The third-order valence-corrected chi connectivity index (χ3v) is 6.34. The van der Waals surface area contributed by atoms with Gasteiger partial charge in [0.15, 0.2) is 0 Å². The predicted molar refractivity (Wildman–Crippen MR) is 106 cm³/mol.